The maximum absolute atomic E-state index is 12.2. The van der Waals surface area contributed by atoms with Gasteiger partial charge in [-0.25, -0.2) is 0 Å². The highest BCUT2D eigenvalue weighted by atomic mass is 35.5. The van der Waals surface area contributed by atoms with Gasteiger partial charge in [0.1, 0.15) is 23.9 Å². The number of carbonyl (C=O) groups is 1. The zero-order valence-corrected chi connectivity index (χ0v) is 15.6. The van der Waals surface area contributed by atoms with E-state index in [0.717, 1.165) is 5.56 Å². The van der Waals surface area contributed by atoms with Gasteiger partial charge in [-0.1, -0.05) is 47.0 Å². The van der Waals surface area contributed by atoms with Gasteiger partial charge in [0.05, 0.1) is 10.0 Å². The molecule has 3 rings (SSSR count). The predicted octanol–water partition coefficient (Wildman–Crippen LogP) is 6.37. The highest BCUT2D eigenvalue weighted by Gasteiger charge is 2.05. The average molecular weight is 387 g/mol. The van der Waals surface area contributed by atoms with Gasteiger partial charge in [0.25, 0.3) is 0 Å². The van der Waals surface area contributed by atoms with Gasteiger partial charge in [-0.05, 0) is 49.4 Å². The highest BCUT2D eigenvalue weighted by molar-refractivity contribution is 6.42. The van der Waals surface area contributed by atoms with Crippen LogP contribution in [0.15, 0.2) is 65.1 Å². The zero-order valence-electron chi connectivity index (χ0n) is 14.0. The minimum Gasteiger partial charge on any atom is -0.486 e. The molecule has 3 nitrogen and oxygen atoms in total. The largest absolute Gasteiger partial charge is 0.486 e. The number of hydrogen-bond donors (Lipinski definition) is 0. The molecule has 0 amide bonds. The van der Waals surface area contributed by atoms with E-state index < -0.39 is 0 Å². The number of aryl methyl sites for hydroxylation is 1. The minimum absolute atomic E-state index is 0.0706. The first kappa shape index (κ1) is 18.3. The maximum atomic E-state index is 12.2. The molecule has 0 saturated heterocycles. The second-order valence-electron chi connectivity index (χ2n) is 5.74. The SMILES string of the molecule is Cc1cccc(C(=O)/C=C/c2ccc(COc3ccc(Cl)c(Cl)c3)o2)c1. The van der Waals surface area contributed by atoms with Gasteiger partial charge in [0.2, 0.25) is 0 Å². The topological polar surface area (TPSA) is 39.4 Å². The van der Waals surface area contributed by atoms with E-state index in [9.17, 15) is 4.79 Å². The van der Waals surface area contributed by atoms with Crippen molar-refractivity contribution in [1.82, 2.24) is 0 Å². The molecule has 132 valence electrons. The van der Waals surface area contributed by atoms with E-state index in [0.29, 0.717) is 32.9 Å². The van der Waals surface area contributed by atoms with Crippen molar-refractivity contribution in [3.05, 3.63) is 93.4 Å². The third kappa shape index (κ3) is 4.78. The second kappa shape index (κ2) is 8.26. The Morgan fingerprint density at radius 1 is 1.08 bits per heavy atom. The van der Waals surface area contributed by atoms with Gasteiger partial charge in [-0.15, -0.1) is 0 Å². The van der Waals surface area contributed by atoms with Crippen molar-refractivity contribution in [3.63, 3.8) is 0 Å². The first-order valence-electron chi connectivity index (χ1n) is 7.97. The quantitative estimate of drug-likeness (QED) is 0.364. The Balaban J connectivity index is 1.60. The van der Waals surface area contributed by atoms with E-state index in [1.165, 1.54) is 6.08 Å². The fraction of sp³-hybridized carbons (Fsp3) is 0.0952. The van der Waals surface area contributed by atoms with Crippen LogP contribution in [0.1, 0.15) is 27.4 Å². The summed E-state index contributed by atoms with van der Waals surface area (Å²) in [5.74, 6) is 1.75. The van der Waals surface area contributed by atoms with E-state index in [4.69, 9.17) is 32.4 Å². The predicted molar refractivity (Wildman–Crippen MR) is 104 cm³/mol. The van der Waals surface area contributed by atoms with E-state index in [2.05, 4.69) is 0 Å². The molecule has 0 aliphatic heterocycles. The molecule has 1 aromatic heterocycles. The number of benzene rings is 2. The molecular formula is C21H16Cl2O3. The number of rotatable bonds is 6. The van der Waals surface area contributed by atoms with Crippen LogP contribution in [-0.4, -0.2) is 5.78 Å². The molecule has 0 radical (unpaired) electrons. The molecule has 2 aromatic carbocycles. The van der Waals surface area contributed by atoms with Crippen LogP contribution in [0.2, 0.25) is 10.0 Å². The third-order valence-corrected chi connectivity index (χ3v) is 4.40. The standard InChI is InChI=1S/C21H16Cl2O3/c1-14-3-2-4-15(11-14)21(24)10-8-16-5-6-18(26-16)13-25-17-7-9-19(22)20(23)12-17/h2-12H,13H2,1H3/b10-8+. The number of ether oxygens (including phenoxy) is 1. The number of ketones is 1. The summed E-state index contributed by atoms with van der Waals surface area (Å²) in [7, 11) is 0. The molecule has 5 heteroatoms. The lowest BCUT2D eigenvalue weighted by Gasteiger charge is -2.05. The van der Waals surface area contributed by atoms with Gasteiger partial charge >= 0.3 is 0 Å². The summed E-state index contributed by atoms with van der Waals surface area (Å²) in [5.41, 5.74) is 1.69. The van der Waals surface area contributed by atoms with Crippen molar-refractivity contribution >= 4 is 35.1 Å². The van der Waals surface area contributed by atoms with Crippen LogP contribution < -0.4 is 4.74 Å². The summed E-state index contributed by atoms with van der Waals surface area (Å²) in [5, 5.41) is 0.907. The Kier molecular flexibility index (Phi) is 5.82. The lowest BCUT2D eigenvalue weighted by molar-refractivity contribution is 0.104. The van der Waals surface area contributed by atoms with Crippen molar-refractivity contribution in [3.8, 4) is 5.75 Å². The average Bonchev–Trinajstić information content (AvgIpc) is 3.08. The summed E-state index contributed by atoms with van der Waals surface area (Å²) < 4.78 is 11.3. The van der Waals surface area contributed by atoms with E-state index >= 15 is 0 Å². The number of hydrogen-bond acceptors (Lipinski definition) is 3. The summed E-state index contributed by atoms with van der Waals surface area (Å²) in [6.45, 7) is 2.20. The molecule has 26 heavy (non-hydrogen) atoms. The number of furan rings is 1. The van der Waals surface area contributed by atoms with Crippen LogP contribution >= 0.6 is 23.2 Å². The number of carbonyl (C=O) groups excluding carboxylic acids is 1. The van der Waals surface area contributed by atoms with E-state index in [-0.39, 0.29) is 12.4 Å². The third-order valence-electron chi connectivity index (χ3n) is 3.66. The van der Waals surface area contributed by atoms with Crippen molar-refractivity contribution in [2.45, 2.75) is 13.5 Å². The van der Waals surface area contributed by atoms with Gasteiger partial charge in [0, 0.05) is 11.6 Å². The first-order valence-corrected chi connectivity index (χ1v) is 8.72. The normalized spacial score (nSPS) is 11.0. The van der Waals surface area contributed by atoms with Crippen molar-refractivity contribution in [2.75, 3.05) is 0 Å². The molecule has 0 unspecified atom stereocenters. The van der Waals surface area contributed by atoms with Crippen LogP contribution in [0, 0.1) is 6.92 Å². The number of halogens is 2. The summed E-state index contributed by atoms with van der Waals surface area (Å²) >= 11 is 11.8. The van der Waals surface area contributed by atoms with Crippen LogP contribution in [0.5, 0.6) is 5.75 Å². The lowest BCUT2D eigenvalue weighted by Crippen LogP contribution is -1.94. The number of allylic oxidation sites excluding steroid dienone is 1. The van der Waals surface area contributed by atoms with Crippen LogP contribution in [0.4, 0.5) is 0 Å². The fourth-order valence-corrected chi connectivity index (χ4v) is 2.62. The van der Waals surface area contributed by atoms with Crippen LogP contribution in [0.3, 0.4) is 0 Å². The molecule has 0 fully saturated rings. The van der Waals surface area contributed by atoms with E-state index in [1.807, 2.05) is 25.1 Å². The summed E-state index contributed by atoms with van der Waals surface area (Å²) in [6, 6.07) is 16.1. The summed E-state index contributed by atoms with van der Waals surface area (Å²) in [6.07, 6.45) is 3.14. The Morgan fingerprint density at radius 3 is 2.69 bits per heavy atom. The van der Waals surface area contributed by atoms with Gasteiger partial charge < -0.3 is 9.15 Å². The lowest BCUT2D eigenvalue weighted by atomic mass is 10.1. The van der Waals surface area contributed by atoms with Gasteiger partial charge in [-0.2, -0.15) is 0 Å². The molecule has 1 heterocycles. The smallest absolute Gasteiger partial charge is 0.185 e. The second-order valence-corrected chi connectivity index (χ2v) is 6.55. The molecule has 0 spiro atoms. The Hall–Kier alpha value is -2.49. The molecule has 0 atom stereocenters. The fourth-order valence-electron chi connectivity index (χ4n) is 2.34. The Bertz CT molecular complexity index is 957. The van der Waals surface area contributed by atoms with Gasteiger partial charge in [-0.3, -0.25) is 4.79 Å². The maximum Gasteiger partial charge on any atom is 0.185 e. The molecule has 0 saturated carbocycles. The van der Waals surface area contributed by atoms with Crippen molar-refractivity contribution in [1.29, 1.82) is 0 Å². The van der Waals surface area contributed by atoms with E-state index in [1.54, 1.807) is 42.5 Å². The monoisotopic (exact) mass is 386 g/mol. The molecule has 0 aliphatic rings. The Labute approximate surface area is 161 Å². The van der Waals surface area contributed by atoms with Crippen molar-refractivity contribution < 1.29 is 13.9 Å². The van der Waals surface area contributed by atoms with Crippen LogP contribution in [0.25, 0.3) is 6.08 Å². The molecule has 0 bridgehead atoms. The van der Waals surface area contributed by atoms with Gasteiger partial charge in [0.15, 0.2) is 5.78 Å². The molecular weight excluding hydrogens is 371 g/mol. The highest BCUT2D eigenvalue weighted by Crippen LogP contribution is 2.27. The molecule has 3 aromatic rings. The van der Waals surface area contributed by atoms with Crippen molar-refractivity contribution in [2.24, 2.45) is 0 Å². The first-order chi connectivity index (χ1) is 12.5. The molecule has 0 N–H and O–H groups in total. The molecule has 0 aliphatic carbocycles. The summed E-state index contributed by atoms with van der Waals surface area (Å²) in [4.78, 5) is 12.2. The van der Waals surface area contributed by atoms with Crippen LogP contribution in [-0.2, 0) is 6.61 Å². The zero-order chi connectivity index (χ0) is 18.5. The minimum atomic E-state index is -0.0706. The Morgan fingerprint density at radius 2 is 1.92 bits per heavy atom.